The van der Waals surface area contributed by atoms with Crippen LogP contribution < -0.4 is 16.6 Å². The van der Waals surface area contributed by atoms with Crippen molar-refractivity contribution in [1.29, 1.82) is 0 Å². The number of carbonyl (C=O) groups is 2. The molecule has 1 aliphatic carbocycles. The third kappa shape index (κ3) is 3.90. The van der Waals surface area contributed by atoms with Crippen LogP contribution in [0.2, 0.25) is 0 Å². The number of thiophene rings is 1. The number of rotatable bonds is 7. The minimum atomic E-state index is -0.523. The molecule has 9 heteroatoms. The van der Waals surface area contributed by atoms with Crippen LogP contribution >= 0.6 is 23.1 Å². The second-order valence-electron chi connectivity index (χ2n) is 6.91. The molecule has 0 saturated carbocycles. The molecular weight excluding hydrogens is 420 g/mol. The predicted molar refractivity (Wildman–Crippen MR) is 120 cm³/mol. The van der Waals surface area contributed by atoms with Gasteiger partial charge in [-0.2, -0.15) is 0 Å². The monoisotopic (exact) mass is 440 g/mol. The van der Waals surface area contributed by atoms with E-state index in [0.29, 0.717) is 23.0 Å². The molecule has 2 heterocycles. The number of aromatic nitrogens is 2. The molecule has 3 N–H and O–H groups in total. The SMILES string of the molecule is C=CCn1c(SCC(=O)Nc2ccc(C(N)=O)cc2)nc2sc3c(c2c1=O)CCC3. The maximum Gasteiger partial charge on any atom is 0.263 e. The molecule has 0 fully saturated rings. The van der Waals surface area contributed by atoms with Gasteiger partial charge in [0.2, 0.25) is 11.8 Å². The van der Waals surface area contributed by atoms with Crippen molar-refractivity contribution >= 4 is 50.8 Å². The molecule has 2 amide bonds. The van der Waals surface area contributed by atoms with Crippen LogP contribution in [-0.4, -0.2) is 27.1 Å². The van der Waals surface area contributed by atoms with Gasteiger partial charge in [-0.3, -0.25) is 19.0 Å². The Balaban J connectivity index is 1.53. The number of hydrogen-bond acceptors (Lipinski definition) is 6. The van der Waals surface area contributed by atoms with Crippen molar-refractivity contribution in [3.8, 4) is 0 Å². The Morgan fingerprint density at radius 1 is 1.30 bits per heavy atom. The summed E-state index contributed by atoms with van der Waals surface area (Å²) in [6.07, 6.45) is 4.65. The second-order valence-corrected chi connectivity index (χ2v) is 8.94. The van der Waals surface area contributed by atoms with Crippen molar-refractivity contribution < 1.29 is 9.59 Å². The highest BCUT2D eigenvalue weighted by Gasteiger charge is 2.23. The first-order valence-electron chi connectivity index (χ1n) is 9.46. The molecule has 3 aromatic rings. The van der Waals surface area contributed by atoms with Crippen LogP contribution in [-0.2, 0) is 24.2 Å². The summed E-state index contributed by atoms with van der Waals surface area (Å²) < 4.78 is 1.58. The third-order valence-corrected chi connectivity index (χ3v) is 7.05. The number of nitrogens with two attached hydrogens (primary N) is 1. The lowest BCUT2D eigenvalue weighted by Crippen LogP contribution is -2.24. The van der Waals surface area contributed by atoms with Gasteiger partial charge >= 0.3 is 0 Å². The zero-order valence-corrected chi connectivity index (χ0v) is 17.8. The number of benzene rings is 1. The Morgan fingerprint density at radius 3 is 2.77 bits per heavy atom. The lowest BCUT2D eigenvalue weighted by Gasteiger charge is -2.11. The number of primary amides is 1. The molecule has 30 heavy (non-hydrogen) atoms. The molecule has 0 saturated heterocycles. The van der Waals surface area contributed by atoms with Gasteiger partial charge in [0.25, 0.3) is 5.56 Å². The van der Waals surface area contributed by atoms with Gasteiger partial charge < -0.3 is 11.1 Å². The molecule has 0 bridgehead atoms. The maximum atomic E-state index is 13.1. The molecule has 4 rings (SSSR count). The number of amides is 2. The van der Waals surface area contributed by atoms with Crippen LogP contribution in [0.25, 0.3) is 10.2 Å². The minimum Gasteiger partial charge on any atom is -0.366 e. The number of allylic oxidation sites excluding steroid dienone is 1. The number of hydrogen-bond donors (Lipinski definition) is 2. The van der Waals surface area contributed by atoms with E-state index in [0.717, 1.165) is 35.0 Å². The van der Waals surface area contributed by atoms with Crippen molar-refractivity contribution in [2.24, 2.45) is 5.73 Å². The van der Waals surface area contributed by atoms with Gasteiger partial charge in [-0.25, -0.2) is 4.98 Å². The number of fused-ring (bicyclic) bond motifs is 3. The predicted octanol–water partition coefficient (Wildman–Crippen LogP) is 2.96. The summed E-state index contributed by atoms with van der Waals surface area (Å²) in [5.74, 6) is -0.665. The van der Waals surface area contributed by atoms with Gasteiger partial charge in [-0.15, -0.1) is 17.9 Å². The molecule has 154 valence electrons. The Bertz CT molecular complexity index is 1210. The first-order chi connectivity index (χ1) is 14.5. The van der Waals surface area contributed by atoms with E-state index in [1.807, 2.05) is 0 Å². The summed E-state index contributed by atoms with van der Waals surface area (Å²) in [5, 5.41) is 3.99. The molecule has 0 radical (unpaired) electrons. The molecule has 0 unspecified atom stereocenters. The van der Waals surface area contributed by atoms with Gasteiger partial charge in [0.05, 0.1) is 11.1 Å². The van der Waals surface area contributed by atoms with E-state index in [1.165, 1.54) is 16.6 Å². The largest absolute Gasteiger partial charge is 0.366 e. The van der Waals surface area contributed by atoms with E-state index >= 15 is 0 Å². The van der Waals surface area contributed by atoms with Crippen LogP contribution in [0.3, 0.4) is 0 Å². The molecule has 1 aliphatic rings. The van der Waals surface area contributed by atoms with E-state index < -0.39 is 5.91 Å². The Labute approximate surface area is 181 Å². The highest BCUT2D eigenvalue weighted by Crippen LogP contribution is 2.35. The fraction of sp³-hybridized carbons (Fsp3) is 0.238. The summed E-state index contributed by atoms with van der Waals surface area (Å²) in [7, 11) is 0. The molecule has 0 atom stereocenters. The highest BCUT2D eigenvalue weighted by molar-refractivity contribution is 7.99. The average Bonchev–Trinajstić information content (AvgIpc) is 3.30. The van der Waals surface area contributed by atoms with Crippen molar-refractivity contribution in [2.75, 3.05) is 11.1 Å². The van der Waals surface area contributed by atoms with Crippen LogP contribution in [0.4, 0.5) is 5.69 Å². The Hall–Kier alpha value is -2.91. The summed E-state index contributed by atoms with van der Waals surface area (Å²) in [4.78, 5) is 43.3. The number of nitrogens with one attached hydrogen (secondary N) is 1. The number of thioether (sulfide) groups is 1. The smallest absolute Gasteiger partial charge is 0.263 e. The van der Waals surface area contributed by atoms with Crippen LogP contribution in [0.1, 0.15) is 27.2 Å². The number of aryl methyl sites for hydroxylation is 2. The molecule has 0 aliphatic heterocycles. The number of nitrogens with zero attached hydrogens (tertiary/aromatic N) is 2. The lowest BCUT2D eigenvalue weighted by atomic mass is 10.2. The first-order valence-corrected chi connectivity index (χ1v) is 11.3. The number of carbonyl (C=O) groups excluding carboxylic acids is 2. The topological polar surface area (TPSA) is 107 Å². The molecule has 0 spiro atoms. The second kappa shape index (κ2) is 8.45. The first kappa shape index (κ1) is 20.4. The lowest BCUT2D eigenvalue weighted by molar-refractivity contribution is -0.113. The number of anilines is 1. The van der Waals surface area contributed by atoms with E-state index in [1.54, 1.807) is 46.2 Å². The molecule has 2 aromatic heterocycles. The normalized spacial score (nSPS) is 12.7. The molecular formula is C21H20N4O3S2. The van der Waals surface area contributed by atoms with Crippen molar-refractivity contribution in [1.82, 2.24) is 9.55 Å². The zero-order valence-electron chi connectivity index (χ0n) is 16.1. The quantitative estimate of drug-likeness (QED) is 0.334. The van der Waals surface area contributed by atoms with E-state index in [-0.39, 0.29) is 17.2 Å². The summed E-state index contributed by atoms with van der Waals surface area (Å²) in [6.45, 7) is 4.08. The fourth-order valence-electron chi connectivity index (χ4n) is 3.50. The summed E-state index contributed by atoms with van der Waals surface area (Å²) in [6, 6.07) is 6.35. The average molecular weight is 441 g/mol. The van der Waals surface area contributed by atoms with E-state index in [2.05, 4.69) is 11.9 Å². The van der Waals surface area contributed by atoms with Gasteiger partial charge in [0, 0.05) is 22.7 Å². The maximum absolute atomic E-state index is 13.1. The van der Waals surface area contributed by atoms with E-state index in [9.17, 15) is 14.4 Å². The Kier molecular flexibility index (Phi) is 5.74. The van der Waals surface area contributed by atoms with Crippen LogP contribution in [0.5, 0.6) is 0 Å². The molecule has 7 nitrogen and oxygen atoms in total. The summed E-state index contributed by atoms with van der Waals surface area (Å²) >= 11 is 2.80. The van der Waals surface area contributed by atoms with Gasteiger partial charge in [0.15, 0.2) is 5.16 Å². The van der Waals surface area contributed by atoms with Crippen molar-refractivity contribution in [2.45, 2.75) is 31.0 Å². The van der Waals surface area contributed by atoms with Crippen molar-refractivity contribution in [3.63, 3.8) is 0 Å². The van der Waals surface area contributed by atoms with Gasteiger partial charge in [-0.1, -0.05) is 17.8 Å². The third-order valence-electron chi connectivity index (χ3n) is 4.89. The van der Waals surface area contributed by atoms with E-state index in [4.69, 9.17) is 10.7 Å². The summed E-state index contributed by atoms with van der Waals surface area (Å²) in [5.41, 5.74) is 7.23. The fourth-order valence-corrected chi connectivity index (χ4v) is 5.61. The zero-order chi connectivity index (χ0) is 21.3. The Morgan fingerprint density at radius 2 is 2.07 bits per heavy atom. The van der Waals surface area contributed by atoms with Gasteiger partial charge in [-0.05, 0) is 49.1 Å². The standard InChI is InChI=1S/C21H20N4O3S2/c1-2-10-25-20(28)17-14-4-3-5-15(14)30-19(17)24-21(25)29-11-16(26)23-13-8-6-12(7-9-13)18(22)27/h2,6-9H,1,3-5,10-11H2,(H2,22,27)(H,23,26). The minimum absolute atomic E-state index is 0.0655. The van der Waals surface area contributed by atoms with Crippen molar-refractivity contribution in [3.05, 3.63) is 63.3 Å². The van der Waals surface area contributed by atoms with Gasteiger partial charge in [0.1, 0.15) is 4.83 Å². The molecule has 1 aromatic carbocycles. The van der Waals surface area contributed by atoms with Crippen LogP contribution in [0, 0.1) is 0 Å². The van der Waals surface area contributed by atoms with Crippen LogP contribution in [0.15, 0.2) is 46.9 Å². The highest BCUT2D eigenvalue weighted by atomic mass is 32.2.